The minimum Gasteiger partial charge on any atom is -0.480 e. The van der Waals surface area contributed by atoms with Crippen LogP contribution in [-0.4, -0.2) is 22.2 Å². The number of nitrogens with two attached hydrogens (primary N) is 1. The van der Waals surface area contributed by atoms with E-state index < -0.39 is 18.1 Å². The molecule has 14 heavy (non-hydrogen) atoms. The van der Waals surface area contributed by atoms with Crippen LogP contribution in [-0.2, 0) is 4.79 Å². The Labute approximate surface area is 89.5 Å². The summed E-state index contributed by atoms with van der Waals surface area (Å²) in [7, 11) is 0. The van der Waals surface area contributed by atoms with Crippen LogP contribution in [0.25, 0.3) is 0 Å². The highest BCUT2D eigenvalue weighted by Crippen LogP contribution is 2.24. The van der Waals surface area contributed by atoms with E-state index in [1.807, 2.05) is 0 Å². The Kier molecular flexibility index (Phi) is 3.62. The number of carboxylic acids is 1. The van der Waals surface area contributed by atoms with E-state index in [-0.39, 0.29) is 0 Å². The van der Waals surface area contributed by atoms with Gasteiger partial charge in [-0.25, -0.2) is 0 Å². The molecule has 0 amide bonds. The Morgan fingerprint density at radius 2 is 2.00 bits per heavy atom. The van der Waals surface area contributed by atoms with Gasteiger partial charge in [-0.15, -0.1) is 0 Å². The van der Waals surface area contributed by atoms with Gasteiger partial charge in [-0.05, 0) is 11.6 Å². The third-order valence-electron chi connectivity index (χ3n) is 1.85. The van der Waals surface area contributed by atoms with Crippen molar-refractivity contribution in [2.75, 3.05) is 0 Å². The van der Waals surface area contributed by atoms with Crippen molar-refractivity contribution >= 4 is 21.9 Å². The number of carbonyl (C=O) groups is 1. The summed E-state index contributed by atoms with van der Waals surface area (Å²) in [5, 5.41) is 18.2. The van der Waals surface area contributed by atoms with E-state index in [4.69, 9.17) is 10.8 Å². The zero-order valence-electron chi connectivity index (χ0n) is 7.22. The van der Waals surface area contributed by atoms with E-state index in [0.29, 0.717) is 10.0 Å². The summed E-state index contributed by atoms with van der Waals surface area (Å²) in [6.45, 7) is 0. The number of aliphatic hydroxyl groups excluding tert-OH is 1. The zero-order chi connectivity index (χ0) is 10.7. The lowest BCUT2D eigenvalue weighted by atomic mass is 10.0. The summed E-state index contributed by atoms with van der Waals surface area (Å²) in [4.78, 5) is 10.5. The van der Waals surface area contributed by atoms with Gasteiger partial charge in [0.1, 0.15) is 12.1 Å². The molecule has 76 valence electrons. The van der Waals surface area contributed by atoms with Gasteiger partial charge in [0.05, 0.1) is 0 Å². The molecule has 0 heterocycles. The van der Waals surface area contributed by atoms with Crippen molar-refractivity contribution in [1.82, 2.24) is 0 Å². The molecule has 0 bridgehead atoms. The molecule has 1 aromatic carbocycles. The average Bonchev–Trinajstić information content (AvgIpc) is 2.16. The molecule has 0 spiro atoms. The van der Waals surface area contributed by atoms with Crippen molar-refractivity contribution in [3.8, 4) is 0 Å². The van der Waals surface area contributed by atoms with Crippen LogP contribution in [0.1, 0.15) is 11.7 Å². The van der Waals surface area contributed by atoms with Crippen molar-refractivity contribution in [3.63, 3.8) is 0 Å². The quantitative estimate of drug-likeness (QED) is 0.753. The van der Waals surface area contributed by atoms with E-state index in [1.165, 1.54) is 0 Å². The summed E-state index contributed by atoms with van der Waals surface area (Å²) in [5.74, 6) is -1.23. The van der Waals surface area contributed by atoms with Gasteiger partial charge in [-0.3, -0.25) is 4.79 Å². The first-order valence-corrected chi connectivity index (χ1v) is 4.74. The number of hydrogen-bond donors (Lipinski definition) is 3. The van der Waals surface area contributed by atoms with Gasteiger partial charge in [0, 0.05) is 4.47 Å². The molecule has 0 saturated heterocycles. The fraction of sp³-hybridized carbons (Fsp3) is 0.222. The van der Waals surface area contributed by atoms with Gasteiger partial charge in [-0.1, -0.05) is 34.1 Å². The van der Waals surface area contributed by atoms with E-state index >= 15 is 0 Å². The highest BCUT2D eigenvalue weighted by molar-refractivity contribution is 9.10. The second-order valence-corrected chi connectivity index (χ2v) is 3.68. The molecule has 0 fully saturated rings. The van der Waals surface area contributed by atoms with Gasteiger partial charge in [0.2, 0.25) is 0 Å². The molecule has 0 unspecified atom stereocenters. The number of benzene rings is 1. The third kappa shape index (κ3) is 2.31. The fourth-order valence-corrected chi connectivity index (χ4v) is 1.56. The van der Waals surface area contributed by atoms with Gasteiger partial charge in [0.15, 0.2) is 0 Å². The molecule has 0 aromatic heterocycles. The number of hydrogen-bond acceptors (Lipinski definition) is 3. The van der Waals surface area contributed by atoms with Gasteiger partial charge >= 0.3 is 5.97 Å². The Morgan fingerprint density at radius 1 is 1.43 bits per heavy atom. The first kappa shape index (κ1) is 11.2. The molecule has 4 nitrogen and oxygen atoms in total. The fourth-order valence-electron chi connectivity index (χ4n) is 1.04. The highest BCUT2D eigenvalue weighted by atomic mass is 79.9. The van der Waals surface area contributed by atoms with Crippen LogP contribution < -0.4 is 5.73 Å². The van der Waals surface area contributed by atoms with Crippen LogP contribution in [0.15, 0.2) is 28.7 Å². The van der Waals surface area contributed by atoms with Crippen molar-refractivity contribution < 1.29 is 15.0 Å². The van der Waals surface area contributed by atoms with Crippen molar-refractivity contribution in [2.45, 2.75) is 12.1 Å². The topological polar surface area (TPSA) is 83.6 Å². The number of aliphatic hydroxyl groups is 1. The van der Waals surface area contributed by atoms with Gasteiger partial charge in [0.25, 0.3) is 0 Å². The van der Waals surface area contributed by atoms with E-state index in [9.17, 15) is 9.90 Å². The SMILES string of the molecule is N[C@H](C(=O)O)[C@@H](O)c1ccccc1Br. The first-order chi connectivity index (χ1) is 6.54. The van der Waals surface area contributed by atoms with Crippen LogP contribution in [0, 0.1) is 0 Å². The molecular weight excluding hydrogens is 250 g/mol. The Hall–Kier alpha value is -0.910. The summed E-state index contributed by atoms with van der Waals surface area (Å²) in [6.07, 6.45) is -1.21. The minimum atomic E-state index is -1.31. The second-order valence-electron chi connectivity index (χ2n) is 2.83. The lowest BCUT2D eigenvalue weighted by molar-refractivity contribution is -0.141. The normalized spacial score (nSPS) is 14.8. The van der Waals surface area contributed by atoms with Gasteiger partial charge in [-0.2, -0.15) is 0 Å². The minimum absolute atomic E-state index is 0.474. The summed E-state index contributed by atoms with van der Waals surface area (Å²) in [6, 6.07) is 5.50. The summed E-state index contributed by atoms with van der Waals surface area (Å²) >= 11 is 3.21. The second kappa shape index (κ2) is 4.54. The molecular formula is C9H10BrNO3. The smallest absolute Gasteiger partial charge is 0.323 e. The van der Waals surface area contributed by atoms with Crippen LogP contribution in [0.5, 0.6) is 0 Å². The maximum absolute atomic E-state index is 10.5. The predicted octanol–water partition coefficient (Wildman–Crippen LogP) is 0.894. The maximum Gasteiger partial charge on any atom is 0.323 e. The number of carboxylic acid groups (broad SMARTS) is 1. The molecule has 2 atom stereocenters. The predicted molar refractivity (Wildman–Crippen MR) is 54.7 cm³/mol. The van der Waals surface area contributed by atoms with E-state index in [2.05, 4.69) is 15.9 Å². The zero-order valence-corrected chi connectivity index (χ0v) is 8.81. The van der Waals surface area contributed by atoms with Crippen molar-refractivity contribution in [1.29, 1.82) is 0 Å². The molecule has 1 aromatic rings. The van der Waals surface area contributed by atoms with Crippen LogP contribution in [0.3, 0.4) is 0 Å². The van der Waals surface area contributed by atoms with Crippen LogP contribution in [0.2, 0.25) is 0 Å². The molecule has 5 heteroatoms. The van der Waals surface area contributed by atoms with Crippen LogP contribution in [0.4, 0.5) is 0 Å². The molecule has 0 saturated carbocycles. The molecule has 0 radical (unpaired) electrons. The Balaban J connectivity index is 2.94. The van der Waals surface area contributed by atoms with Crippen LogP contribution >= 0.6 is 15.9 Å². The summed E-state index contributed by atoms with van der Waals surface area (Å²) in [5.41, 5.74) is 5.76. The number of halogens is 1. The van der Waals surface area contributed by atoms with Gasteiger partial charge < -0.3 is 15.9 Å². The first-order valence-electron chi connectivity index (χ1n) is 3.95. The lowest BCUT2D eigenvalue weighted by Crippen LogP contribution is -2.36. The van der Waals surface area contributed by atoms with E-state index in [1.54, 1.807) is 24.3 Å². The Bertz CT molecular complexity index is 343. The third-order valence-corrected chi connectivity index (χ3v) is 2.57. The standard InChI is InChI=1S/C9H10BrNO3/c10-6-4-2-1-3-5(6)8(12)7(11)9(13)14/h1-4,7-8,12H,11H2,(H,13,14)/t7-,8-/m0/s1. The molecule has 0 aliphatic carbocycles. The summed E-state index contributed by atoms with van der Waals surface area (Å²) < 4.78 is 0.643. The molecule has 4 N–H and O–H groups in total. The maximum atomic E-state index is 10.5. The monoisotopic (exact) mass is 259 g/mol. The van der Waals surface area contributed by atoms with Crippen molar-refractivity contribution in [3.05, 3.63) is 34.3 Å². The average molecular weight is 260 g/mol. The molecule has 0 aliphatic heterocycles. The lowest BCUT2D eigenvalue weighted by Gasteiger charge is -2.16. The Morgan fingerprint density at radius 3 is 2.50 bits per heavy atom. The van der Waals surface area contributed by atoms with E-state index in [0.717, 1.165) is 0 Å². The largest absolute Gasteiger partial charge is 0.480 e. The molecule has 0 aliphatic rings. The molecule has 1 rings (SSSR count). The highest BCUT2D eigenvalue weighted by Gasteiger charge is 2.24. The number of rotatable bonds is 3. The number of aliphatic carboxylic acids is 1. The van der Waals surface area contributed by atoms with Crippen molar-refractivity contribution in [2.24, 2.45) is 5.73 Å².